The summed E-state index contributed by atoms with van der Waals surface area (Å²) in [6.45, 7) is 1.70. The Kier molecular flexibility index (Phi) is 8.05. The first-order valence-corrected chi connectivity index (χ1v) is 8.78. The van der Waals surface area contributed by atoms with Crippen LogP contribution in [0.3, 0.4) is 0 Å². The highest BCUT2D eigenvalue weighted by Crippen LogP contribution is 2.16. The maximum absolute atomic E-state index is 11.7. The molecule has 0 aromatic heterocycles. The summed E-state index contributed by atoms with van der Waals surface area (Å²) in [6.07, 6.45) is 2.78. The second-order valence-corrected chi connectivity index (χ2v) is 5.83. The molecule has 2 aromatic rings. The molecule has 0 heterocycles. The molecule has 2 rings (SSSR count). The van der Waals surface area contributed by atoms with Crippen LogP contribution < -0.4 is 15.6 Å². The van der Waals surface area contributed by atoms with Gasteiger partial charge in [0.05, 0.1) is 12.2 Å². The minimum Gasteiger partial charge on any atom is -0.484 e. The van der Waals surface area contributed by atoms with Crippen molar-refractivity contribution < 1.29 is 23.9 Å². The van der Waals surface area contributed by atoms with E-state index >= 15 is 0 Å². The van der Waals surface area contributed by atoms with Gasteiger partial charge >= 0.3 is 5.97 Å². The average Bonchev–Trinajstić information content (AvgIpc) is 2.70. The van der Waals surface area contributed by atoms with Gasteiger partial charge in [0.15, 0.2) is 6.61 Å². The van der Waals surface area contributed by atoms with Crippen LogP contribution in [0.5, 0.6) is 5.75 Å². The lowest BCUT2D eigenvalue weighted by Gasteiger charge is -2.08. The zero-order chi connectivity index (χ0) is 20.4. The zero-order valence-corrected chi connectivity index (χ0v) is 15.9. The number of carbonyl (C=O) groups is 3. The van der Waals surface area contributed by atoms with E-state index in [0.717, 1.165) is 0 Å². The minimum absolute atomic E-state index is 0.288. The van der Waals surface area contributed by atoms with Crippen LogP contribution >= 0.6 is 11.6 Å². The van der Waals surface area contributed by atoms with Gasteiger partial charge in [0.25, 0.3) is 11.8 Å². The number of hydrogen-bond donors (Lipinski definition) is 2. The molecule has 0 saturated carbocycles. The second-order valence-electron chi connectivity index (χ2n) is 5.43. The third-order valence-electron chi connectivity index (χ3n) is 3.38. The van der Waals surface area contributed by atoms with Crippen LogP contribution in [-0.2, 0) is 14.3 Å². The van der Waals surface area contributed by atoms with Crippen molar-refractivity contribution >= 4 is 35.5 Å². The van der Waals surface area contributed by atoms with E-state index in [1.807, 2.05) is 0 Å². The van der Waals surface area contributed by atoms with Crippen LogP contribution in [-0.4, -0.2) is 31.0 Å². The van der Waals surface area contributed by atoms with E-state index in [2.05, 4.69) is 10.9 Å². The largest absolute Gasteiger partial charge is 0.484 e. The predicted molar refractivity (Wildman–Crippen MR) is 105 cm³/mol. The molecule has 0 aliphatic heterocycles. The van der Waals surface area contributed by atoms with E-state index < -0.39 is 17.8 Å². The number of ether oxygens (including phenoxy) is 2. The van der Waals surface area contributed by atoms with Crippen molar-refractivity contribution in [3.8, 4) is 5.75 Å². The number of amides is 2. The SMILES string of the molecule is CCOC(=O)c1ccc(OCC(=O)NNC(=O)C=Cc2ccccc2Cl)cc1. The molecular formula is C20H19ClN2O5. The van der Waals surface area contributed by atoms with Crippen LogP contribution in [0.15, 0.2) is 54.6 Å². The lowest BCUT2D eigenvalue weighted by Crippen LogP contribution is -2.43. The number of hydrazine groups is 1. The Labute approximate surface area is 167 Å². The lowest BCUT2D eigenvalue weighted by atomic mass is 10.2. The molecule has 0 bridgehead atoms. The summed E-state index contributed by atoms with van der Waals surface area (Å²) in [5.41, 5.74) is 5.53. The van der Waals surface area contributed by atoms with Crippen LogP contribution in [0.4, 0.5) is 0 Å². The van der Waals surface area contributed by atoms with Crippen LogP contribution in [0.1, 0.15) is 22.8 Å². The van der Waals surface area contributed by atoms with Gasteiger partial charge in [0.2, 0.25) is 0 Å². The first-order valence-electron chi connectivity index (χ1n) is 8.41. The molecule has 0 fully saturated rings. The van der Waals surface area contributed by atoms with E-state index in [4.69, 9.17) is 21.1 Å². The quantitative estimate of drug-likeness (QED) is 0.422. The maximum atomic E-state index is 11.7. The molecule has 0 radical (unpaired) electrons. The van der Waals surface area contributed by atoms with Gasteiger partial charge in [0.1, 0.15) is 5.75 Å². The third-order valence-corrected chi connectivity index (χ3v) is 3.72. The number of carbonyl (C=O) groups excluding carboxylic acids is 3. The van der Waals surface area contributed by atoms with E-state index in [9.17, 15) is 14.4 Å². The minimum atomic E-state index is -0.547. The summed E-state index contributed by atoms with van der Waals surface area (Å²) in [4.78, 5) is 35.0. The van der Waals surface area contributed by atoms with E-state index in [1.54, 1.807) is 43.3 Å². The molecule has 2 N–H and O–H groups in total. The van der Waals surface area contributed by atoms with Gasteiger partial charge in [-0.25, -0.2) is 4.79 Å². The molecule has 0 aliphatic rings. The number of halogens is 1. The van der Waals surface area contributed by atoms with Gasteiger partial charge in [-0.05, 0) is 48.9 Å². The molecule has 2 aromatic carbocycles. The Morgan fingerprint density at radius 2 is 1.75 bits per heavy atom. The van der Waals surface area contributed by atoms with Gasteiger partial charge in [-0.15, -0.1) is 0 Å². The Balaban J connectivity index is 1.74. The van der Waals surface area contributed by atoms with Gasteiger partial charge in [-0.3, -0.25) is 20.4 Å². The van der Waals surface area contributed by atoms with Crippen LogP contribution in [0.25, 0.3) is 6.08 Å². The van der Waals surface area contributed by atoms with Crippen LogP contribution in [0, 0.1) is 0 Å². The third kappa shape index (κ3) is 6.77. The predicted octanol–water partition coefficient (Wildman–Crippen LogP) is 2.76. The highest BCUT2D eigenvalue weighted by Gasteiger charge is 2.07. The monoisotopic (exact) mass is 402 g/mol. The van der Waals surface area contributed by atoms with Gasteiger partial charge in [0, 0.05) is 11.1 Å². The van der Waals surface area contributed by atoms with Crippen molar-refractivity contribution in [2.75, 3.05) is 13.2 Å². The number of hydrogen-bond acceptors (Lipinski definition) is 5. The van der Waals surface area contributed by atoms with Crippen LogP contribution in [0.2, 0.25) is 5.02 Å². The van der Waals surface area contributed by atoms with Crippen molar-refractivity contribution in [2.24, 2.45) is 0 Å². The molecule has 146 valence electrons. The summed E-state index contributed by atoms with van der Waals surface area (Å²) < 4.78 is 10.2. The highest BCUT2D eigenvalue weighted by atomic mass is 35.5. The molecular weight excluding hydrogens is 384 g/mol. The van der Waals surface area contributed by atoms with E-state index in [0.29, 0.717) is 21.9 Å². The maximum Gasteiger partial charge on any atom is 0.338 e. The Bertz CT molecular complexity index is 865. The van der Waals surface area contributed by atoms with Crippen molar-refractivity contribution in [3.63, 3.8) is 0 Å². The molecule has 0 unspecified atom stereocenters. The summed E-state index contributed by atoms with van der Waals surface area (Å²) in [5.74, 6) is -1.10. The smallest absolute Gasteiger partial charge is 0.338 e. The second kappa shape index (κ2) is 10.7. The van der Waals surface area contributed by atoms with Crippen molar-refractivity contribution in [2.45, 2.75) is 6.92 Å². The van der Waals surface area contributed by atoms with Gasteiger partial charge in [-0.2, -0.15) is 0 Å². The number of esters is 1. The fraction of sp³-hybridized carbons (Fsp3) is 0.150. The Morgan fingerprint density at radius 1 is 1.04 bits per heavy atom. The number of rotatable bonds is 7. The van der Waals surface area contributed by atoms with Crippen molar-refractivity contribution in [1.29, 1.82) is 0 Å². The first kappa shape index (κ1) is 21.0. The molecule has 0 saturated heterocycles. The summed E-state index contributed by atoms with van der Waals surface area (Å²) in [6, 6.07) is 13.2. The molecule has 8 heteroatoms. The van der Waals surface area contributed by atoms with E-state index in [1.165, 1.54) is 24.3 Å². The molecule has 7 nitrogen and oxygen atoms in total. The molecule has 0 aliphatic carbocycles. The normalized spacial score (nSPS) is 10.4. The highest BCUT2D eigenvalue weighted by molar-refractivity contribution is 6.32. The molecule has 28 heavy (non-hydrogen) atoms. The van der Waals surface area contributed by atoms with Gasteiger partial charge < -0.3 is 9.47 Å². The standard InChI is InChI=1S/C20H19ClN2O5/c1-2-27-20(26)15-7-10-16(11-8-15)28-13-19(25)23-22-18(24)12-9-14-5-3-4-6-17(14)21/h3-12H,2,13H2,1H3,(H,22,24)(H,23,25). The lowest BCUT2D eigenvalue weighted by molar-refractivity contribution is -0.128. The summed E-state index contributed by atoms with van der Waals surface area (Å²) >= 11 is 5.98. The summed E-state index contributed by atoms with van der Waals surface area (Å²) in [5, 5.41) is 0.512. The fourth-order valence-electron chi connectivity index (χ4n) is 2.04. The molecule has 2 amide bonds. The number of nitrogens with one attached hydrogen (secondary N) is 2. The average molecular weight is 403 g/mol. The van der Waals surface area contributed by atoms with Crippen molar-refractivity contribution in [1.82, 2.24) is 10.9 Å². The van der Waals surface area contributed by atoms with Crippen molar-refractivity contribution in [3.05, 3.63) is 70.8 Å². The van der Waals surface area contributed by atoms with E-state index in [-0.39, 0.29) is 13.2 Å². The fourth-order valence-corrected chi connectivity index (χ4v) is 2.23. The summed E-state index contributed by atoms with van der Waals surface area (Å²) in [7, 11) is 0. The number of benzene rings is 2. The molecule has 0 spiro atoms. The molecule has 0 atom stereocenters. The Morgan fingerprint density at radius 3 is 2.43 bits per heavy atom. The first-order chi connectivity index (χ1) is 13.5. The van der Waals surface area contributed by atoms with Gasteiger partial charge in [-0.1, -0.05) is 29.8 Å². The Hall–Kier alpha value is -3.32. The zero-order valence-electron chi connectivity index (χ0n) is 15.1. The topological polar surface area (TPSA) is 93.7 Å².